The molecule has 1 fully saturated rings. The van der Waals surface area contributed by atoms with E-state index in [1.165, 1.54) is 0 Å². The zero-order valence-corrected chi connectivity index (χ0v) is 15.0. The summed E-state index contributed by atoms with van der Waals surface area (Å²) in [7, 11) is -1.38. The summed E-state index contributed by atoms with van der Waals surface area (Å²) < 4.78 is 28.7. The molecule has 0 radical (unpaired) electrons. The second-order valence-corrected chi connectivity index (χ2v) is 7.99. The fourth-order valence-corrected chi connectivity index (χ4v) is 4.06. The molecule has 7 nitrogen and oxygen atoms in total. The summed E-state index contributed by atoms with van der Waals surface area (Å²) in [5, 5.41) is 4.22. The van der Waals surface area contributed by atoms with Crippen molar-refractivity contribution in [2.75, 3.05) is 12.4 Å². The molecule has 1 aliphatic carbocycles. The van der Waals surface area contributed by atoms with Gasteiger partial charge in [-0.25, -0.2) is 18.7 Å². The van der Waals surface area contributed by atoms with E-state index in [1.807, 2.05) is 24.3 Å². The van der Waals surface area contributed by atoms with Gasteiger partial charge in [-0.05, 0) is 49.2 Å². The molecule has 0 saturated heterocycles. The summed E-state index contributed by atoms with van der Waals surface area (Å²) in [6.07, 6.45) is 5.35. The maximum atomic E-state index is 12.5. The zero-order chi connectivity index (χ0) is 18.1. The van der Waals surface area contributed by atoms with Crippen LogP contribution in [0.3, 0.4) is 0 Å². The molecule has 26 heavy (non-hydrogen) atoms. The predicted molar refractivity (Wildman–Crippen MR) is 101 cm³/mol. The van der Waals surface area contributed by atoms with Crippen molar-refractivity contribution in [1.82, 2.24) is 14.7 Å². The highest BCUT2D eigenvalue weighted by Gasteiger charge is 2.25. The number of nitrogens with zero attached hydrogens (tertiary/aromatic N) is 2. The van der Waals surface area contributed by atoms with Crippen LogP contribution in [-0.2, 0) is 9.92 Å². The van der Waals surface area contributed by atoms with Crippen LogP contribution in [0.1, 0.15) is 12.8 Å². The van der Waals surface area contributed by atoms with Gasteiger partial charge in [0.25, 0.3) is 0 Å². The largest absolute Gasteiger partial charge is 0.479 e. The van der Waals surface area contributed by atoms with Gasteiger partial charge in [-0.3, -0.25) is 4.98 Å². The van der Waals surface area contributed by atoms with E-state index < -0.39 is 9.92 Å². The van der Waals surface area contributed by atoms with Gasteiger partial charge in [-0.1, -0.05) is 0 Å². The van der Waals surface area contributed by atoms with Crippen molar-refractivity contribution in [3.8, 4) is 5.88 Å². The van der Waals surface area contributed by atoms with Gasteiger partial charge in [-0.15, -0.1) is 0 Å². The SMILES string of the molecule is COc1nccc2c(Nc3ccc(S(=N)(=O)NC4CC4)cc3)ccnc12. The molecule has 1 unspecified atom stereocenters. The Morgan fingerprint density at radius 1 is 1.12 bits per heavy atom. The molecule has 3 N–H and O–H groups in total. The number of ether oxygens (including phenoxy) is 1. The smallest absolute Gasteiger partial charge is 0.240 e. The standard InChI is InChI=1S/C18H19N5O2S/c1-25-18-17-15(8-10-21-18)16(9-11-20-17)22-12-4-6-14(7-5-12)26(19,24)23-13-2-3-13/h4-11,13H,2-3H2,1H3,(H,20,22)(H2,19,23,24). The third-order valence-electron chi connectivity index (χ3n) is 4.19. The number of methoxy groups -OCH3 is 1. The molecule has 1 aliphatic rings. The molecule has 0 spiro atoms. The van der Waals surface area contributed by atoms with Gasteiger partial charge in [0.2, 0.25) is 5.88 Å². The van der Waals surface area contributed by atoms with Gasteiger partial charge in [0, 0.05) is 35.2 Å². The van der Waals surface area contributed by atoms with Crippen molar-refractivity contribution in [1.29, 1.82) is 4.78 Å². The number of benzene rings is 1. The predicted octanol–water partition coefficient (Wildman–Crippen LogP) is 3.45. The normalized spacial score (nSPS) is 16.2. The van der Waals surface area contributed by atoms with Crippen LogP contribution < -0.4 is 14.8 Å². The van der Waals surface area contributed by atoms with Gasteiger partial charge < -0.3 is 10.1 Å². The number of nitrogens with one attached hydrogen (secondary N) is 3. The fourth-order valence-electron chi connectivity index (χ4n) is 2.70. The van der Waals surface area contributed by atoms with Gasteiger partial charge in [0.1, 0.15) is 15.4 Å². The summed E-state index contributed by atoms with van der Waals surface area (Å²) in [6.45, 7) is 0. The highest BCUT2D eigenvalue weighted by molar-refractivity contribution is 7.90. The summed E-state index contributed by atoms with van der Waals surface area (Å²) >= 11 is 0. The quantitative estimate of drug-likeness (QED) is 0.618. The molecule has 1 aromatic carbocycles. The van der Waals surface area contributed by atoms with E-state index >= 15 is 0 Å². The molecule has 8 heteroatoms. The van der Waals surface area contributed by atoms with E-state index in [4.69, 9.17) is 9.52 Å². The van der Waals surface area contributed by atoms with Gasteiger partial charge >= 0.3 is 0 Å². The maximum absolute atomic E-state index is 12.5. The van der Waals surface area contributed by atoms with E-state index in [-0.39, 0.29) is 6.04 Å². The molecule has 4 rings (SSSR count). The van der Waals surface area contributed by atoms with Gasteiger partial charge in [0.15, 0.2) is 0 Å². The Bertz CT molecular complexity index is 1050. The van der Waals surface area contributed by atoms with Crippen LogP contribution in [0.25, 0.3) is 10.9 Å². The minimum Gasteiger partial charge on any atom is -0.479 e. The lowest BCUT2D eigenvalue weighted by Gasteiger charge is -2.12. The molecule has 1 atom stereocenters. The molecule has 2 aromatic heterocycles. The summed E-state index contributed by atoms with van der Waals surface area (Å²) in [4.78, 5) is 8.99. The zero-order valence-electron chi connectivity index (χ0n) is 14.2. The first-order chi connectivity index (χ1) is 12.6. The van der Waals surface area contributed by atoms with E-state index in [1.54, 1.807) is 31.6 Å². The maximum Gasteiger partial charge on any atom is 0.240 e. The molecule has 134 valence electrons. The number of aromatic nitrogens is 2. The van der Waals surface area contributed by atoms with Crippen LogP contribution >= 0.6 is 0 Å². The van der Waals surface area contributed by atoms with Crippen LogP contribution in [0.15, 0.2) is 53.7 Å². The van der Waals surface area contributed by atoms with Crippen LogP contribution in [-0.4, -0.2) is 27.3 Å². The molecule has 1 saturated carbocycles. The van der Waals surface area contributed by atoms with Gasteiger partial charge in [0.05, 0.1) is 12.0 Å². The second-order valence-electron chi connectivity index (χ2n) is 6.17. The van der Waals surface area contributed by atoms with Crippen molar-refractivity contribution in [3.05, 3.63) is 48.8 Å². The Labute approximate surface area is 151 Å². The third kappa shape index (κ3) is 3.33. The van der Waals surface area contributed by atoms with Crippen molar-refractivity contribution < 1.29 is 8.95 Å². The van der Waals surface area contributed by atoms with Crippen LogP contribution in [0.2, 0.25) is 0 Å². The summed E-state index contributed by atoms with van der Waals surface area (Å²) in [5.41, 5.74) is 2.38. The van der Waals surface area contributed by atoms with Gasteiger partial charge in [-0.2, -0.15) is 0 Å². The lowest BCUT2D eigenvalue weighted by atomic mass is 10.2. The number of hydrogen-bond acceptors (Lipinski definition) is 6. The van der Waals surface area contributed by atoms with E-state index in [2.05, 4.69) is 20.0 Å². The first-order valence-electron chi connectivity index (χ1n) is 8.28. The molecular formula is C18H19N5O2S. The summed E-state index contributed by atoms with van der Waals surface area (Å²) in [5.74, 6) is 0.474. The lowest BCUT2D eigenvalue weighted by molar-refractivity contribution is 0.402. The average molecular weight is 369 g/mol. The van der Waals surface area contributed by atoms with Crippen molar-refractivity contribution in [3.63, 3.8) is 0 Å². The first kappa shape index (κ1) is 16.7. The molecule has 0 aliphatic heterocycles. The van der Waals surface area contributed by atoms with Crippen molar-refractivity contribution >= 4 is 32.2 Å². The van der Waals surface area contributed by atoms with Crippen LogP contribution in [0.5, 0.6) is 5.88 Å². The van der Waals surface area contributed by atoms with E-state index in [0.29, 0.717) is 16.3 Å². The van der Waals surface area contributed by atoms with Crippen molar-refractivity contribution in [2.24, 2.45) is 0 Å². The van der Waals surface area contributed by atoms with Crippen molar-refractivity contribution in [2.45, 2.75) is 23.8 Å². The molecule has 2 heterocycles. The molecule has 0 bridgehead atoms. The Morgan fingerprint density at radius 3 is 2.54 bits per heavy atom. The van der Waals surface area contributed by atoms with E-state index in [9.17, 15) is 4.21 Å². The minimum atomic E-state index is -2.94. The van der Waals surface area contributed by atoms with E-state index in [0.717, 1.165) is 29.6 Å². The fraction of sp³-hybridized carbons (Fsp3) is 0.222. The molecule has 0 amide bonds. The second kappa shape index (κ2) is 6.54. The number of anilines is 2. The number of pyridine rings is 2. The number of hydrogen-bond donors (Lipinski definition) is 3. The highest BCUT2D eigenvalue weighted by Crippen LogP contribution is 2.29. The van der Waals surface area contributed by atoms with Crippen LogP contribution in [0.4, 0.5) is 11.4 Å². The average Bonchev–Trinajstić information content (AvgIpc) is 3.45. The molecule has 3 aromatic rings. The monoisotopic (exact) mass is 369 g/mol. The summed E-state index contributed by atoms with van der Waals surface area (Å²) in [6, 6.07) is 11.0. The first-order valence-corrected chi connectivity index (χ1v) is 9.83. The Morgan fingerprint density at radius 2 is 1.85 bits per heavy atom. The topological polar surface area (TPSA) is 100.0 Å². The number of rotatable bonds is 6. The lowest BCUT2D eigenvalue weighted by Crippen LogP contribution is -2.24. The minimum absolute atomic E-state index is 0.213. The third-order valence-corrected chi connectivity index (χ3v) is 5.80. The Kier molecular flexibility index (Phi) is 4.21. The number of fused-ring (bicyclic) bond motifs is 1. The molecular weight excluding hydrogens is 350 g/mol. The highest BCUT2D eigenvalue weighted by atomic mass is 32.2. The Hall–Kier alpha value is -2.71. The Balaban J connectivity index is 1.61. The van der Waals surface area contributed by atoms with Crippen LogP contribution in [0, 0.1) is 4.78 Å².